The van der Waals surface area contributed by atoms with Crippen molar-refractivity contribution in [2.24, 2.45) is 0 Å². The largest absolute Gasteiger partial charge is 0.385 e. The number of ether oxygens (including phenoxy) is 2. The summed E-state index contributed by atoms with van der Waals surface area (Å²) in [5.74, 6) is 0. The molecule has 0 spiro atoms. The molecule has 96 valence electrons. The molecule has 0 saturated heterocycles. The molecule has 17 heavy (non-hydrogen) atoms. The Bertz CT molecular complexity index is 315. The van der Waals surface area contributed by atoms with Gasteiger partial charge < -0.3 is 14.8 Å². The molecule has 1 unspecified atom stereocenters. The van der Waals surface area contributed by atoms with Gasteiger partial charge in [0.2, 0.25) is 0 Å². The van der Waals surface area contributed by atoms with E-state index in [1.165, 1.54) is 11.3 Å². The molecule has 0 aliphatic carbocycles. The SMILES string of the molecule is COCCc1ccccc1NC(C)CCOC. The number of hydrogen-bond donors (Lipinski definition) is 1. The second kappa shape index (κ2) is 8.09. The van der Waals surface area contributed by atoms with Crippen LogP contribution in [-0.2, 0) is 15.9 Å². The fourth-order valence-electron chi connectivity index (χ4n) is 1.72. The first-order valence-electron chi connectivity index (χ1n) is 6.10. The van der Waals surface area contributed by atoms with E-state index in [0.717, 1.165) is 26.1 Å². The lowest BCUT2D eigenvalue weighted by molar-refractivity contribution is 0.191. The summed E-state index contributed by atoms with van der Waals surface area (Å²) in [5.41, 5.74) is 2.51. The maximum absolute atomic E-state index is 5.12. The van der Waals surface area contributed by atoms with Gasteiger partial charge in [-0.3, -0.25) is 0 Å². The maximum Gasteiger partial charge on any atom is 0.0503 e. The van der Waals surface area contributed by atoms with Crippen molar-refractivity contribution in [3.63, 3.8) is 0 Å². The van der Waals surface area contributed by atoms with Gasteiger partial charge in [-0.05, 0) is 31.4 Å². The van der Waals surface area contributed by atoms with E-state index >= 15 is 0 Å². The van der Waals surface area contributed by atoms with Crippen molar-refractivity contribution in [3.05, 3.63) is 29.8 Å². The van der Waals surface area contributed by atoms with Crippen LogP contribution in [0.2, 0.25) is 0 Å². The first-order chi connectivity index (χ1) is 8.27. The minimum absolute atomic E-state index is 0.415. The monoisotopic (exact) mass is 237 g/mol. The molecule has 0 radical (unpaired) electrons. The van der Waals surface area contributed by atoms with Crippen LogP contribution in [0.4, 0.5) is 5.69 Å². The van der Waals surface area contributed by atoms with Gasteiger partial charge in [0.25, 0.3) is 0 Å². The highest BCUT2D eigenvalue weighted by Crippen LogP contribution is 2.17. The third-order valence-corrected chi connectivity index (χ3v) is 2.75. The van der Waals surface area contributed by atoms with Crippen LogP contribution >= 0.6 is 0 Å². The number of nitrogens with one attached hydrogen (secondary N) is 1. The Hall–Kier alpha value is -1.06. The molecule has 0 bridgehead atoms. The Balaban J connectivity index is 2.56. The zero-order valence-corrected chi connectivity index (χ0v) is 11.0. The summed E-state index contributed by atoms with van der Waals surface area (Å²) in [6, 6.07) is 8.80. The number of methoxy groups -OCH3 is 2. The fraction of sp³-hybridized carbons (Fsp3) is 0.571. The van der Waals surface area contributed by atoms with Crippen molar-refractivity contribution in [1.82, 2.24) is 0 Å². The van der Waals surface area contributed by atoms with Gasteiger partial charge in [-0.15, -0.1) is 0 Å². The number of hydrogen-bond acceptors (Lipinski definition) is 3. The lowest BCUT2D eigenvalue weighted by Gasteiger charge is -2.17. The standard InChI is InChI=1S/C14H23NO2/c1-12(8-10-16-2)15-14-7-5-4-6-13(14)9-11-17-3/h4-7,12,15H,8-11H2,1-3H3. The van der Waals surface area contributed by atoms with Crippen LogP contribution in [0.5, 0.6) is 0 Å². The molecular formula is C14H23NO2. The topological polar surface area (TPSA) is 30.5 Å². The van der Waals surface area contributed by atoms with Crippen LogP contribution in [0.25, 0.3) is 0 Å². The molecule has 0 aromatic heterocycles. The molecule has 1 rings (SSSR count). The predicted molar refractivity (Wildman–Crippen MR) is 71.6 cm³/mol. The smallest absolute Gasteiger partial charge is 0.0503 e. The number of anilines is 1. The van der Waals surface area contributed by atoms with Crippen LogP contribution in [0, 0.1) is 0 Å². The van der Waals surface area contributed by atoms with E-state index in [4.69, 9.17) is 9.47 Å². The zero-order chi connectivity index (χ0) is 12.5. The van der Waals surface area contributed by atoms with Crippen LogP contribution in [0.15, 0.2) is 24.3 Å². The Kier molecular flexibility index (Phi) is 6.67. The number of para-hydroxylation sites is 1. The minimum Gasteiger partial charge on any atom is -0.385 e. The van der Waals surface area contributed by atoms with E-state index in [0.29, 0.717) is 6.04 Å². The van der Waals surface area contributed by atoms with Crippen LogP contribution in [0.3, 0.4) is 0 Å². The highest BCUT2D eigenvalue weighted by atomic mass is 16.5. The van der Waals surface area contributed by atoms with Crippen molar-refractivity contribution >= 4 is 5.69 Å². The Morgan fingerprint density at radius 3 is 2.53 bits per heavy atom. The second-order valence-corrected chi connectivity index (χ2v) is 4.23. The van der Waals surface area contributed by atoms with Gasteiger partial charge in [-0.2, -0.15) is 0 Å². The zero-order valence-electron chi connectivity index (χ0n) is 11.0. The third kappa shape index (κ3) is 5.20. The van der Waals surface area contributed by atoms with Gasteiger partial charge in [0.1, 0.15) is 0 Å². The first kappa shape index (κ1) is 14.0. The van der Waals surface area contributed by atoms with E-state index in [-0.39, 0.29) is 0 Å². The summed E-state index contributed by atoms with van der Waals surface area (Å²) >= 11 is 0. The molecule has 0 amide bonds. The van der Waals surface area contributed by atoms with E-state index < -0.39 is 0 Å². The van der Waals surface area contributed by atoms with Gasteiger partial charge in [-0.1, -0.05) is 18.2 Å². The molecule has 1 N–H and O–H groups in total. The summed E-state index contributed by atoms with van der Waals surface area (Å²) in [7, 11) is 3.47. The molecule has 1 aromatic rings. The summed E-state index contributed by atoms with van der Waals surface area (Å²) in [4.78, 5) is 0. The van der Waals surface area contributed by atoms with Crippen molar-refractivity contribution in [1.29, 1.82) is 0 Å². The third-order valence-electron chi connectivity index (χ3n) is 2.75. The van der Waals surface area contributed by atoms with E-state index in [1.807, 2.05) is 0 Å². The predicted octanol–water partition coefficient (Wildman–Crippen LogP) is 2.71. The minimum atomic E-state index is 0.415. The lowest BCUT2D eigenvalue weighted by Crippen LogP contribution is -2.18. The number of benzene rings is 1. The average Bonchev–Trinajstić information content (AvgIpc) is 2.35. The highest BCUT2D eigenvalue weighted by Gasteiger charge is 2.05. The summed E-state index contributed by atoms with van der Waals surface area (Å²) < 4.78 is 10.2. The molecule has 3 nitrogen and oxygen atoms in total. The van der Waals surface area contributed by atoms with E-state index in [2.05, 4.69) is 36.5 Å². The molecule has 0 heterocycles. The highest BCUT2D eigenvalue weighted by molar-refractivity contribution is 5.51. The van der Waals surface area contributed by atoms with Crippen molar-refractivity contribution < 1.29 is 9.47 Å². The van der Waals surface area contributed by atoms with Gasteiger partial charge in [-0.25, -0.2) is 0 Å². The van der Waals surface area contributed by atoms with Crippen LogP contribution < -0.4 is 5.32 Å². The van der Waals surface area contributed by atoms with Crippen LogP contribution in [0.1, 0.15) is 18.9 Å². The molecule has 0 fully saturated rings. The van der Waals surface area contributed by atoms with Crippen molar-refractivity contribution in [2.45, 2.75) is 25.8 Å². The Labute approximate surface area is 104 Å². The van der Waals surface area contributed by atoms with Crippen molar-refractivity contribution in [3.8, 4) is 0 Å². The Morgan fingerprint density at radius 1 is 1.12 bits per heavy atom. The maximum atomic E-state index is 5.12. The summed E-state index contributed by atoms with van der Waals surface area (Å²) in [6.07, 6.45) is 1.95. The normalized spacial score (nSPS) is 12.4. The van der Waals surface area contributed by atoms with Gasteiger partial charge in [0, 0.05) is 32.6 Å². The van der Waals surface area contributed by atoms with E-state index in [9.17, 15) is 0 Å². The summed E-state index contributed by atoms with van der Waals surface area (Å²) in [6.45, 7) is 3.71. The fourth-order valence-corrected chi connectivity index (χ4v) is 1.72. The molecule has 1 aromatic carbocycles. The first-order valence-corrected chi connectivity index (χ1v) is 6.10. The second-order valence-electron chi connectivity index (χ2n) is 4.23. The number of rotatable bonds is 8. The molecule has 0 aliphatic rings. The van der Waals surface area contributed by atoms with Gasteiger partial charge >= 0.3 is 0 Å². The molecular weight excluding hydrogens is 214 g/mol. The average molecular weight is 237 g/mol. The molecule has 1 atom stereocenters. The molecule has 0 saturated carbocycles. The quantitative estimate of drug-likeness (QED) is 0.754. The molecule has 3 heteroatoms. The van der Waals surface area contributed by atoms with Gasteiger partial charge in [0.15, 0.2) is 0 Å². The lowest BCUT2D eigenvalue weighted by atomic mass is 10.1. The van der Waals surface area contributed by atoms with E-state index in [1.54, 1.807) is 14.2 Å². The van der Waals surface area contributed by atoms with Crippen molar-refractivity contribution in [2.75, 3.05) is 32.8 Å². The van der Waals surface area contributed by atoms with Gasteiger partial charge in [0.05, 0.1) is 6.61 Å². The summed E-state index contributed by atoms with van der Waals surface area (Å²) in [5, 5.41) is 3.52. The van der Waals surface area contributed by atoms with Crippen LogP contribution in [-0.4, -0.2) is 33.5 Å². The Morgan fingerprint density at radius 2 is 1.82 bits per heavy atom. The molecule has 0 aliphatic heterocycles.